The third-order valence-electron chi connectivity index (χ3n) is 8.73. The maximum absolute atomic E-state index is 14.2. The summed E-state index contributed by atoms with van der Waals surface area (Å²) in [7, 11) is 0. The molecule has 0 N–H and O–H groups in total. The SMILES string of the molecule is N#CC1CC2CCCC(C1)N2CCc1ccc2c(C(F)(F)F)c(OC3CCC(C(F)(F)F)CC3)ccc2c1. The van der Waals surface area contributed by atoms with Crippen LogP contribution in [0.4, 0.5) is 26.3 Å². The molecule has 0 amide bonds. The van der Waals surface area contributed by atoms with Crippen LogP contribution in [-0.4, -0.2) is 35.8 Å². The van der Waals surface area contributed by atoms with Crippen molar-refractivity contribution in [2.24, 2.45) is 11.8 Å². The molecule has 2 aromatic rings. The van der Waals surface area contributed by atoms with Gasteiger partial charge in [0.1, 0.15) is 11.3 Å². The number of ether oxygens (including phenoxy) is 1. The Morgan fingerprint density at radius 1 is 0.895 bits per heavy atom. The fourth-order valence-electron chi connectivity index (χ4n) is 6.80. The van der Waals surface area contributed by atoms with Gasteiger partial charge in [-0.05, 0) is 80.2 Å². The molecule has 3 nitrogen and oxygen atoms in total. The van der Waals surface area contributed by atoms with Crippen molar-refractivity contribution < 1.29 is 31.1 Å². The summed E-state index contributed by atoms with van der Waals surface area (Å²) in [5, 5.41) is 9.87. The number of piperidine rings is 2. The first kappa shape index (κ1) is 27.1. The van der Waals surface area contributed by atoms with Gasteiger partial charge in [0.15, 0.2) is 0 Å². The molecule has 2 aromatic carbocycles. The first-order chi connectivity index (χ1) is 18.0. The highest BCUT2D eigenvalue weighted by Gasteiger charge is 2.43. The molecule has 2 saturated heterocycles. The zero-order chi connectivity index (χ0) is 27.1. The lowest BCUT2D eigenvalue weighted by molar-refractivity contribution is -0.185. The van der Waals surface area contributed by atoms with Crippen molar-refractivity contribution in [3.8, 4) is 11.8 Å². The summed E-state index contributed by atoms with van der Waals surface area (Å²) >= 11 is 0. The molecule has 2 unspecified atom stereocenters. The Hall–Kier alpha value is -2.47. The van der Waals surface area contributed by atoms with Crippen molar-refractivity contribution >= 4 is 10.8 Å². The number of alkyl halides is 6. The van der Waals surface area contributed by atoms with Crippen LogP contribution in [0.15, 0.2) is 30.3 Å². The number of benzene rings is 2. The minimum absolute atomic E-state index is 0.0365. The van der Waals surface area contributed by atoms with Crippen molar-refractivity contribution in [3.63, 3.8) is 0 Å². The van der Waals surface area contributed by atoms with Crippen LogP contribution >= 0.6 is 0 Å². The van der Waals surface area contributed by atoms with Gasteiger partial charge in [-0.1, -0.05) is 30.7 Å². The Labute approximate surface area is 218 Å². The van der Waals surface area contributed by atoms with Gasteiger partial charge in [-0.15, -0.1) is 0 Å². The van der Waals surface area contributed by atoms with Crippen LogP contribution in [0.1, 0.15) is 68.9 Å². The lowest BCUT2D eigenvalue weighted by Gasteiger charge is -2.47. The average molecular weight is 539 g/mol. The largest absolute Gasteiger partial charge is 0.490 e. The lowest BCUT2D eigenvalue weighted by Crippen LogP contribution is -2.52. The Morgan fingerprint density at radius 3 is 2.18 bits per heavy atom. The van der Waals surface area contributed by atoms with Crippen molar-refractivity contribution in [3.05, 3.63) is 41.5 Å². The predicted octanol–water partition coefficient (Wildman–Crippen LogP) is 8.06. The first-order valence-electron chi connectivity index (χ1n) is 13.5. The van der Waals surface area contributed by atoms with E-state index in [9.17, 15) is 31.6 Å². The summed E-state index contributed by atoms with van der Waals surface area (Å²) in [6.45, 7) is 0.812. The van der Waals surface area contributed by atoms with Gasteiger partial charge in [-0.25, -0.2) is 0 Å². The predicted molar refractivity (Wildman–Crippen MR) is 132 cm³/mol. The van der Waals surface area contributed by atoms with Crippen LogP contribution in [0, 0.1) is 23.2 Å². The van der Waals surface area contributed by atoms with Crippen LogP contribution in [0.2, 0.25) is 0 Å². The topological polar surface area (TPSA) is 36.3 Å². The van der Waals surface area contributed by atoms with E-state index in [-0.39, 0.29) is 42.7 Å². The van der Waals surface area contributed by atoms with Gasteiger partial charge in [0, 0.05) is 24.5 Å². The number of rotatable bonds is 5. The summed E-state index contributed by atoms with van der Waals surface area (Å²) in [6.07, 6.45) is -3.91. The van der Waals surface area contributed by atoms with Crippen LogP contribution in [-0.2, 0) is 12.6 Å². The smallest absolute Gasteiger partial charge is 0.420 e. The fourth-order valence-corrected chi connectivity index (χ4v) is 6.80. The number of nitriles is 1. The molecule has 0 aromatic heterocycles. The molecule has 2 heterocycles. The van der Waals surface area contributed by atoms with Gasteiger partial charge in [-0.2, -0.15) is 31.6 Å². The zero-order valence-corrected chi connectivity index (χ0v) is 21.1. The quantitative estimate of drug-likeness (QED) is 0.361. The van der Waals surface area contributed by atoms with E-state index < -0.39 is 29.9 Å². The average Bonchev–Trinajstić information content (AvgIpc) is 2.85. The van der Waals surface area contributed by atoms with E-state index in [1.807, 2.05) is 0 Å². The van der Waals surface area contributed by atoms with Crippen LogP contribution in [0.5, 0.6) is 5.75 Å². The molecular formula is C29H32F6N2O. The molecule has 2 bridgehead atoms. The van der Waals surface area contributed by atoms with Crippen molar-refractivity contribution in [2.45, 2.75) is 94.7 Å². The van der Waals surface area contributed by atoms with E-state index in [4.69, 9.17) is 4.74 Å². The molecule has 1 saturated carbocycles. The second kappa shape index (κ2) is 10.6. The summed E-state index contributed by atoms with van der Waals surface area (Å²) in [4.78, 5) is 2.49. The van der Waals surface area contributed by atoms with Gasteiger partial charge >= 0.3 is 12.4 Å². The van der Waals surface area contributed by atoms with E-state index in [1.165, 1.54) is 18.6 Å². The van der Waals surface area contributed by atoms with Crippen LogP contribution in [0.3, 0.4) is 0 Å². The molecular weight excluding hydrogens is 506 g/mol. The molecule has 0 spiro atoms. The Kier molecular flexibility index (Phi) is 7.56. The molecule has 2 atom stereocenters. The zero-order valence-electron chi connectivity index (χ0n) is 21.1. The Balaban J connectivity index is 1.31. The maximum Gasteiger partial charge on any atom is 0.420 e. The van der Waals surface area contributed by atoms with Crippen molar-refractivity contribution in [2.75, 3.05) is 6.54 Å². The number of fused-ring (bicyclic) bond motifs is 3. The van der Waals surface area contributed by atoms with Gasteiger partial charge in [0.25, 0.3) is 0 Å². The summed E-state index contributed by atoms with van der Waals surface area (Å²) in [5.41, 5.74) is 0.0813. The number of nitrogens with zero attached hydrogens (tertiary/aromatic N) is 2. The van der Waals surface area contributed by atoms with Crippen molar-refractivity contribution in [1.29, 1.82) is 5.26 Å². The summed E-state index contributed by atoms with van der Waals surface area (Å²) in [6, 6.07) is 11.2. The summed E-state index contributed by atoms with van der Waals surface area (Å²) in [5.74, 6) is -1.63. The van der Waals surface area contributed by atoms with Crippen molar-refractivity contribution in [1.82, 2.24) is 4.90 Å². The standard InChI is InChI=1S/C29H32F6N2O/c30-28(31,32)21-6-8-24(9-7-21)38-26-11-5-20-14-18(4-10-25(20)27(26)29(33,34)35)12-13-37-22-2-1-3-23(37)16-19(15-22)17-36/h4-5,10-11,14,19,21-24H,1-3,6-9,12-13,15-16H2. The molecule has 3 aliphatic rings. The molecule has 3 fully saturated rings. The number of halogens is 6. The molecule has 9 heteroatoms. The van der Waals surface area contributed by atoms with Crippen LogP contribution in [0.25, 0.3) is 10.8 Å². The van der Waals surface area contributed by atoms with Gasteiger partial charge in [0.05, 0.1) is 18.1 Å². The second-order valence-electron chi connectivity index (χ2n) is 11.1. The highest BCUT2D eigenvalue weighted by Crippen LogP contribution is 2.44. The molecule has 1 aliphatic carbocycles. The molecule has 206 valence electrons. The van der Waals surface area contributed by atoms with Crippen LogP contribution < -0.4 is 4.74 Å². The van der Waals surface area contributed by atoms with E-state index in [0.717, 1.165) is 37.8 Å². The first-order valence-corrected chi connectivity index (χ1v) is 13.5. The minimum Gasteiger partial charge on any atom is -0.490 e. The molecule has 5 rings (SSSR count). The monoisotopic (exact) mass is 538 g/mol. The van der Waals surface area contributed by atoms with Gasteiger partial charge in [0.2, 0.25) is 0 Å². The minimum atomic E-state index is -4.66. The van der Waals surface area contributed by atoms with E-state index in [0.29, 0.717) is 23.9 Å². The number of hydrogen-bond donors (Lipinski definition) is 0. The normalized spacial score (nSPS) is 28.7. The third-order valence-corrected chi connectivity index (χ3v) is 8.73. The Bertz CT molecular complexity index is 1160. The number of hydrogen-bond acceptors (Lipinski definition) is 3. The second-order valence-corrected chi connectivity index (χ2v) is 11.1. The van der Waals surface area contributed by atoms with E-state index in [2.05, 4.69) is 11.0 Å². The molecule has 38 heavy (non-hydrogen) atoms. The lowest BCUT2D eigenvalue weighted by atomic mass is 9.79. The van der Waals surface area contributed by atoms with Gasteiger partial charge < -0.3 is 4.74 Å². The highest BCUT2D eigenvalue weighted by atomic mass is 19.4. The molecule has 2 aliphatic heterocycles. The third kappa shape index (κ3) is 5.75. The van der Waals surface area contributed by atoms with E-state index >= 15 is 0 Å². The fraction of sp³-hybridized carbons (Fsp3) is 0.621. The van der Waals surface area contributed by atoms with E-state index in [1.54, 1.807) is 18.2 Å². The highest BCUT2D eigenvalue weighted by molar-refractivity contribution is 5.89. The maximum atomic E-state index is 14.2. The van der Waals surface area contributed by atoms with Gasteiger partial charge in [-0.3, -0.25) is 4.90 Å². The summed E-state index contributed by atoms with van der Waals surface area (Å²) < 4.78 is 87.1. The Morgan fingerprint density at radius 2 is 1.58 bits per heavy atom. The molecule has 0 radical (unpaired) electrons.